The van der Waals surface area contributed by atoms with Crippen LogP contribution in [0, 0.1) is 0 Å². The van der Waals surface area contributed by atoms with Crippen molar-refractivity contribution < 1.29 is 9.59 Å². The fraction of sp³-hybridized carbons (Fsp3) is 0.129. The molecule has 0 atom stereocenters. The molecule has 1 aromatic heterocycles. The van der Waals surface area contributed by atoms with E-state index < -0.39 is 0 Å². The summed E-state index contributed by atoms with van der Waals surface area (Å²) >= 11 is 0. The molecule has 5 aromatic rings. The van der Waals surface area contributed by atoms with Gasteiger partial charge in [0.1, 0.15) is 0 Å². The van der Waals surface area contributed by atoms with Crippen LogP contribution in [0.3, 0.4) is 0 Å². The van der Waals surface area contributed by atoms with Gasteiger partial charge >= 0.3 is 0 Å². The van der Waals surface area contributed by atoms with Gasteiger partial charge in [0.05, 0.1) is 17.4 Å². The zero-order valence-electron chi connectivity index (χ0n) is 22.3. The average Bonchev–Trinajstić information content (AvgIpc) is 3.37. The predicted octanol–water partition coefficient (Wildman–Crippen LogP) is 5.66. The molecular formula is C31H30N6O2. The molecule has 8 nitrogen and oxygen atoms in total. The van der Waals surface area contributed by atoms with Crippen molar-refractivity contribution in [1.29, 1.82) is 0 Å². The number of anilines is 4. The van der Waals surface area contributed by atoms with E-state index in [2.05, 4.69) is 15.7 Å². The van der Waals surface area contributed by atoms with Crippen molar-refractivity contribution in [2.45, 2.75) is 0 Å². The summed E-state index contributed by atoms with van der Waals surface area (Å²) in [5.74, 6) is -0.334. The highest BCUT2D eigenvalue weighted by atomic mass is 16.2. The number of hydrogen-bond donors (Lipinski definition) is 2. The smallest absolute Gasteiger partial charge is 0.255 e. The first kappa shape index (κ1) is 25.5. The number of carbonyl (C=O) groups is 2. The van der Waals surface area contributed by atoms with Crippen molar-refractivity contribution in [3.05, 3.63) is 108 Å². The first-order valence-electron chi connectivity index (χ1n) is 12.5. The van der Waals surface area contributed by atoms with Crippen molar-refractivity contribution in [3.63, 3.8) is 0 Å². The van der Waals surface area contributed by atoms with Gasteiger partial charge in [0.15, 0.2) is 0 Å². The average molecular weight is 519 g/mol. The maximum atomic E-state index is 12.7. The number of rotatable bonds is 7. The second-order valence-corrected chi connectivity index (χ2v) is 9.67. The number of nitrogens with one attached hydrogen (secondary N) is 2. The van der Waals surface area contributed by atoms with Gasteiger partial charge in [-0.3, -0.25) is 9.59 Å². The summed E-state index contributed by atoms with van der Waals surface area (Å²) < 4.78 is 1.83. The third kappa shape index (κ3) is 5.60. The molecule has 0 fully saturated rings. The van der Waals surface area contributed by atoms with E-state index in [1.165, 1.54) is 0 Å². The molecule has 8 heteroatoms. The van der Waals surface area contributed by atoms with Gasteiger partial charge in [-0.25, -0.2) is 4.68 Å². The lowest BCUT2D eigenvalue weighted by Gasteiger charge is -2.13. The van der Waals surface area contributed by atoms with E-state index in [9.17, 15) is 9.59 Å². The lowest BCUT2D eigenvalue weighted by molar-refractivity contribution is 0.101. The molecule has 4 aromatic carbocycles. The van der Waals surface area contributed by atoms with Crippen LogP contribution in [0.4, 0.5) is 22.7 Å². The van der Waals surface area contributed by atoms with Crippen molar-refractivity contribution in [1.82, 2.24) is 9.78 Å². The molecule has 0 bridgehead atoms. The van der Waals surface area contributed by atoms with Crippen LogP contribution >= 0.6 is 0 Å². The van der Waals surface area contributed by atoms with E-state index in [-0.39, 0.29) is 11.8 Å². The Morgan fingerprint density at radius 2 is 1.13 bits per heavy atom. The van der Waals surface area contributed by atoms with Crippen molar-refractivity contribution in [3.8, 4) is 5.69 Å². The Bertz CT molecular complexity index is 1620. The summed E-state index contributed by atoms with van der Waals surface area (Å²) in [6.07, 6.45) is 1.77. The van der Waals surface area contributed by atoms with Crippen molar-refractivity contribution in [2.24, 2.45) is 0 Å². The molecule has 0 aliphatic rings. The second kappa shape index (κ2) is 10.7. The number of carbonyl (C=O) groups excluding carboxylic acids is 2. The summed E-state index contributed by atoms with van der Waals surface area (Å²) in [5.41, 5.74) is 6.40. The van der Waals surface area contributed by atoms with E-state index >= 15 is 0 Å². The molecule has 0 saturated carbocycles. The first-order valence-corrected chi connectivity index (χ1v) is 12.5. The predicted molar refractivity (Wildman–Crippen MR) is 159 cm³/mol. The summed E-state index contributed by atoms with van der Waals surface area (Å²) in [7, 11) is 7.85. The maximum absolute atomic E-state index is 12.7. The van der Waals surface area contributed by atoms with Gasteiger partial charge in [0.25, 0.3) is 11.8 Å². The first-order chi connectivity index (χ1) is 18.8. The van der Waals surface area contributed by atoms with Gasteiger partial charge in [-0.05, 0) is 91.0 Å². The summed E-state index contributed by atoms with van der Waals surface area (Å²) in [6.45, 7) is 0. The highest BCUT2D eigenvalue weighted by molar-refractivity contribution is 6.05. The van der Waals surface area contributed by atoms with Crippen LogP contribution in [-0.2, 0) is 0 Å². The highest BCUT2D eigenvalue weighted by Crippen LogP contribution is 2.24. The zero-order chi connectivity index (χ0) is 27.5. The Hall–Kier alpha value is -5.11. The molecule has 0 saturated heterocycles. The minimum atomic E-state index is -0.168. The molecule has 2 amide bonds. The number of amides is 2. The van der Waals surface area contributed by atoms with Crippen molar-refractivity contribution in [2.75, 3.05) is 48.6 Å². The van der Waals surface area contributed by atoms with Gasteiger partial charge in [-0.15, -0.1) is 0 Å². The Morgan fingerprint density at radius 1 is 0.641 bits per heavy atom. The van der Waals surface area contributed by atoms with Crippen LogP contribution in [0.5, 0.6) is 0 Å². The van der Waals surface area contributed by atoms with Crippen LogP contribution in [0.1, 0.15) is 20.7 Å². The van der Waals surface area contributed by atoms with E-state index in [0.717, 1.165) is 28.0 Å². The van der Waals surface area contributed by atoms with Gasteiger partial charge < -0.3 is 20.4 Å². The summed E-state index contributed by atoms with van der Waals surface area (Å²) in [6, 6.07) is 28.1. The van der Waals surface area contributed by atoms with Crippen molar-refractivity contribution >= 4 is 45.5 Å². The van der Waals surface area contributed by atoms with Gasteiger partial charge in [0, 0.05) is 67.5 Å². The molecule has 0 radical (unpaired) electrons. The van der Waals surface area contributed by atoms with Gasteiger partial charge in [-0.1, -0.05) is 0 Å². The molecule has 0 aliphatic carbocycles. The van der Waals surface area contributed by atoms with Crippen LogP contribution < -0.4 is 20.4 Å². The van der Waals surface area contributed by atoms with Crippen LogP contribution in [0.2, 0.25) is 0 Å². The lowest BCUT2D eigenvalue weighted by atomic mass is 10.1. The number of benzene rings is 4. The molecule has 2 N–H and O–H groups in total. The van der Waals surface area contributed by atoms with Gasteiger partial charge in [0.2, 0.25) is 0 Å². The third-order valence-electron chi connectivity index (χ3n) is 6.49. The minimum Gasteiger partial charge on any atom is -0.378 e. The number of hydrogen-bond acceptors (Lipinski definition) is 5. The molecule has 196 valence electrons. The van der Waals surface area contributed by atoms with E-state index in [1.807, 2.05) is 134 Å². The lowest BCUT2D eigenvalue weighted by Crippen LogP contribution is -2.13. The highest BCUT2D eigenvalue weighted by Gasteiger charge is 2.11. The monoisotopic (exact) mass is 518 g/mol. The second-order valence-electron chi connectivity index (χ2n) is 9.67. The quantitative estimate of drug-likeness (QED) is 0.290. The maximum Gasteiger partial charge on any atom is 0.255 e. The Kier molecular flexibility index (Phi) is 7.01. The SMILES string of the molecule is CN(C)c1ccc(C(=O)Nc2ccc(-n3ncc4cc(NC(=O)c5ccc(N(C)C)cc5)ccc43)cc2)cc1. The molecule has 0 spiro atoms. The normalized spacial score (nSPS) is 10.8. The number of nitrogens with zero attached hydrogens (tertiary/aromatic N) is 4. The van der Waals surface area contributed by atoms with Crippen LogP contribution in [-0.4, -0.2) is 49.8 Å². The number of fused-ring (bicyclic) bond motifs is 1. The Morgan fingerprint density at radius 3 is 1.64 bits per heavy atom. The molecule has 1 heterocycles. The van der Waals surface area contributed by atoms with E-state index in [1.54, 1.807) is 6.20 Å². The minimum absolute atomic E-state index is 0.166. The molecule has 39 heavy (non-hydrogen) atoms. The molecule has 0 unspecified atom stereocenters. The van der Waals surface area contributed by atoms with Crippen LogP contribution in [0.15, 0.2) is 97.2 Å². The fourth-order valence-electron chi connectivity index (χ4n) is 4.23. The largest absolute Gasteiger partial charge is 0.378 e. The summed E-state index contributed by atoms with van der Waals surface area (Å²) in [4.78, 5) is 29.3. The fourth-order valence-corrected chi connectivity index (χ4v) is 4.23. The molecule has 0 aliphatic heterocycles. The Balaban J connectivity index is 1.27. The van der Waals surface area contributed by atoms with E-state index in [0.29, 0.717) is 22.5 Å². The standard InChI is InChI=1S/C31H30N6O2/c1-35(2)26-12-5-21(6-13-26)30(38)33-24-9-16-28(17-10-24)37-29-18-11-25(19-23(29)20-32-37)34-31(39)22-7-14-27(15-8-22)36(3)4/h5-20H,1-4H3,(H,33,38)(H,34,39). The van der Waals surface area contributed by atoms with Gasteiger partial charge in [-0.2, -0.15) is 5.10 Å². The Labute approximate surface area is 227 Å². The third-order valence-corrected chi connectivity index (χ3v) is 6.49. The van der Waals surface area contributed by atoms with E-state index in [4.69, 9.17) is 0 Å². The molecular weight excluding hydrogens is 488 g/mol. The molecule has 5 rings (SSSR count). The zero-order valence-corrected chi connectivity index (χ0v) is 22.3. The van der Waals surface area contributed by atoms with Crippen LogP contribution in [0.25, 0.3) is 16.6 Å². The number of aromatic nitrogens is 2. The summed E-state index contributed by atoms with van der Waals surface area (Å²) in [5, 5.41) is 11.3. The topological polar surface area (TPSA) is 82.5 Å².